The lowest BCUT2D eigenvalue weighted by Crippen LogP contribution is -1.10. The highest BCUT2D eigenvalue weighted by molar-refractivity contribution is 4.51. The fourth-order valence-corrected chi connectivity index (χ4v) is 0. The lowest BCUT2D eigenvalue weighted by molar-refractivity contribution is 1.49. The van der Waals surface area contributed by atoms with Crippen LogP contribution in [0.25, 0.3) is 0 Å². The molecule has 0 aromatic carbocycles. The molecule has 0 aliphatic carbocycles. The quantitative estimate of drug-likeness (QED) is 0.409. The SMILES string of the molecule is C.CC#N. The van der Waals surface area contributed by atoms with Crippen LogP contribution in [0, 0.1) is 11.3 Å². The Morgan fingerprint density at radius 1 is 1.75 bits per heavy atom. The van der Waals surface area contributed by atoms with Crippen LogP contribution in [-0.4, -0.2) is 0 Å². The van der Waals surface area contributed by atoms with Gasteiger partial charge in [-0.05, 0) is 0 Å². The highest BCUT2D eigenvalue weighted by atomic mass is 14.2. The molecule has 0 aliphatic rings. The van der Waals surface area contributed by atoms with Gasteiger partial charge >= 0.3 is 0 Å². The zero-order valence-electron chi connectivity index (χ0n) is 1.95. The minimum Gasteiger partial charge on any atom is -0.199 e. The van der Waals surface area contributed by atoms with Crippen molar-refractivity contribution in [2.45, 2.75) is 14.4 Å². The minimum atomic E-state index is 0. The number of hydrogen-bond acceptors (Lipinski definition) is 1. The Kier molecular flexibility index (Phi) is 56.1. The Balaban J connectivity index is 0. The average Bonchev–Trinajstić information content (AvgIpc) is 0.918. The third-order valence-electron chi connectivity index (χ3n) is 0. The van der Waals surface area contributed by atoms with Crippen LogP contribution in [0.2, 0.25) is 0 Å². The summed E-state index contributed by atoms with van der Waals surface area (Å²) in [7, 11) is 0. The van der Waals surface area contributed by atoms with Gasteiger partial charge in [0.15, 0.2) is 0 Å². The van der Waals surface area contributed by atoms with Crippen LogP contribution < -0.4 is 0 Å². The molecule has 0 saturated heterocycles. The number of nitrogens with zero attached hydrogens (tertiary/aromatic N) is 1. The van der Waals surface area contributed by atoms with E-state index < -0.39 is 0 Å². The first-order valence-electron chi connectivity index (χ1n) is 0.724. The lowest BCUT2D eigenvalue weighted by atomic mass is 11.0. The second-order valence-electron chi connectivity index (χ2n) is 0.224. The van der Waals surface area contributed by atoms with Crippen molar-refractivity contribution in [1.29, 1.82) is 5.26 Å². The standard InChI is InChI=1S/C2H3N.CH4/c1-2-3;/h1H3;1H4. The molecule has 0 aliphatic heterocycles. The summed E-state index contributed by atoms with van der Waals surface area (Å²) in [6.45, 7) is 1.43. The predicted octanol–water partition coefficient (Wildman–Crippen LogP) is 1.17. The maximum absolute atomic E-state index is 7.32. The van der Waals surface area contributed by atoms with Gasteiger partial charge in [-0.3, -0.25) is 0 Å². The molecule has 0 N–H and O–H groups in total. The largest absolute Gasteiger partial charge is 0.199 e. The minimum absolute atomic E-state index is 0. The van der Waals surface area contributed by atoms with Crippen LogP contribution in [0.1, 0.15) is 14.4 Å². The fraction of sp³-hybridized carbons (Fsp3) is 0.667. The van der Waals surface area contributed by atoms with Gasteiger partial charge in [-0.2, -0.15) is 5.26 Å². The zero-order valence-corrected chi connectivity index (χ0v) is 1.95. The van der Waals surface area contributed by atoms with Crippen LogP contribution in [0.4, 0.5) is 0 Å². The normalized spacial score (nSPS) is 2.00. The molecular weight excluding hydrogens is 50.0 g/mol. The summed E-state index contributed by atoms with van der Waals surface area (Å²) in [5.41, 5.74) is 0. The first-order chi connectivity index (χ1) is 1.41. The van der Waals surface area contributed by atoms with Gasteiger partial charge in [0, 0.05) is 6.92 Å². The second kappa shape index (κ2) is 23.0. The summed E-state index contributed by atoms with van der Waals surface area (Å²) in [4.78, 5) is 0. The van der Waals surface area contributed by atoms with Gasteiger partial charge in [-0.15, -0.1) is 0 Å². The molecule has 0 rings (SSSR count). The molecule has 0 bridgehead atoms. The molecule has 0 saturated carbocycles. The maximum atomic E-state index is 7.32. The highest BCUT2D eigenvalue weighted by Gasteiger charge is 1.17. The number of rotatable bonds is 0. The van der Waals surface area contributed by atoms with E-state index in [1.807, 2.05) is 0 Å². The summed E-state index contributed by atoms with van der Waals surface area (Å²) >= 11 is 0. The molecule has 0 spiro atoms. The Morgan fingerprint density at radius 2 is 1.75 bits per heavy atom. The molecule has 4 heavy (non-hydrogen) atoms. The average molecular weight is 57.1 g/mol. The van der Waals surface area contributed by atoms with E-state index in [2.05, 4.69) is 0 Å². The summed E-state index contributed by atoms with van der Waals surface area (Å²) in [6, 6.07) is 1.75. The summed E-state index contributed by atoms with van der Waals surface area (Å²) in [5, 5.41) is 7.32. The topological polar surface area (TPSA) is 23.8 Å². The van der Waals surface area contributed by atoms with Crippen molar-refractivity contribution in [3.63, 3.8) is 0 Å². The Bertz CT molecular complexity index is 24.8. The van der Waals surface area contributed by atoms with Crippen LogP contribution in [0.3, 0.4) is 0 Å². The van der Waals surface area contributed by atoms with Gasteiger partial charge in [-0.25, -0.2) is 0 Å². The fourth-order valence-electron chi connectivity index (χ4n) is 0. The first-order valence-corrected chi connectivity index (χ1v) is 0.724. The Labute approximate surface area is 26.9 Å². The van der Waals surface area contributed by atoms with Gasteiger partial charge < -0.3 is 0 Å². The summed E-state index contributed by atoms with van der Waals surface area (Å²) < 4.78 is 0. The van der Waals surface area contributed by atoms with Crippen molar-refractivity contribution in [3.05, 3.63) is 0 Å². The number of hydrogen-bond donors (Lipinski definition) is 0. The molecule has 0 amide bonds. The third kappa shape index (κ3) is 1.38. The molecule has 0 fully saturated rings. The Morgan fingerprint density at radius 3 is 1.75 bits per heavy atom. The van der Waals surface area contributed by atoms with E-state index in [4.69, 9.17) is 5.26 Å². The van der Waals surface area contributed by atoms with E-state index in [-0.39, 0.29) is 7.43 Å². The monoisotopic (exact) mass is 57.1 g/mol. The van der Waals surface area contributed by atoms with Crippen molar-refractivity contribution in [2.24, 2.45) is 0 Å². The molecule has 0 aromatic rings. The van der Waals surface area contributed by atoms with E-state index >= 15 is 0 Å². The maximum Gasteiger partial charge on any atom is 0.0587 e. The number of nitriles is 1. The van der Waals surface area contributed by atoms with Crippen LogP contribution in [0.5, 0.6) is 0 Å². The van der Waals surface area contributed by atoms with E-state index in [9.17, 15) is 0 Å². The van der Waals surface area contributed by atoms with Gasteiger partial charge in [0.2, 0.25) is 0 Å². The zero-order chi connectivity index (χ0) is 2.71. The van der Waals surface area contributed by atoms with Crippen molar-refractivity contribution in [2.75, 3.05) is 0 Å². The summed E-state index contributed by atoms with van der Waals surface area (Å²) in [6.07, 6.45) is 0. The van der Waals surface area contributed by atoms with Gasteiger partial charge in [0.05, 0.1) is 6.07 Å². The van der Waals surface area contributed by atoms with Crippen LogP contribution in [0.15, 0.2) is 0 Å². The second-order valence-corrected chi connectivity index (χ2v) is 0.224. The molecule has 1 nitrogen and oxygen atoms in total. The van der Waals surface area contributed by atoms with Gasteiger partial charge in [0.25, 0.3) is 0 Å². The summed E-state index contributed by atoms with van der Waals surface area (Å²) in [5.74, 6) is 0. The van der Waals surface area contributed by atoms with Crippen LogP contribution in [-0.2, 0) is 0 Å². The molecule has 1 heteroatoms. The molecule has 0 heterocycles. The predicted molar refractivity (Wildman–Crippen MR) is 18.0 cm³/mol. The first kappa shape index (κ1) is 9.75. The third-order valence-corrected chi connectivity index (χ3v) is 0. The van der Waals surface area contributed by atoms with E-state index in [1.54, 1.807) is 6.07 Å². The molecule has 0 radical (unpaired) electrons. The van der Waals surface area contributed by atoms with Gasteiger partial charge in [0.1, 0.15) is 0 Å². The van der Waals surface area contributed by atoms with E-state index in [0.717, 1.165) is 0 Å². The smallest absolute Gasteiger partial charge is 0.0587 e. The van der Waals surface area contributed by atoms with Crippen LogP contribution >= 0.6 is 0 Å². The highest BCUT2D eigenvalue weighted by Crippen LogP contribution is 1.21. The molecule has 24 valence electrons. The van der Waals surface area contributed by atoms with E-state index in [0.29, 0.717) is 0 Å². The van der Waals surface area contributed by atoms with Crippen molar-refractivity contribution < 1.29 is 0 Å². The van der Waals surface area contributed by atoms with Crippen molar-refractivity contribution in [3.8, 4) is 6.07 Å². The molecule has 0 aromatic heterocycles. The van der Waals surface area contributed by atoms with Crippen molar-refractivity contribution >= 4 is 0 Å². The van der Waals surface area contributed by atoms with Gasteiger partial charge in [-0.1, -0.05) is 7.43 Å². The molecular formula is C3H7N. The molecule has 0 unspecified atom stereocenters. The Hall–Kier alpha value is -0.510. The molecule has 0 atom stereocenters. The lowest BCUT2D eigenvalue weighted by Gasteiger charge is -1.15. The van der Waals surface area contributed by atoms with Crippen molar-refractivity contribution in [1.82, 2.24) is 0 Å². The van der Waals surface area contributed by atoms with E-state index in [1.165, 1.54) is 6.92 Å².